The van der Waals surface area contributed by atoms with Gasteiger partial charge in [0.1, 0.15) is 38.1 Å². The molecule has 1 saturated heterocycles. The average molecular weight is 1250 g/mol. The third-order valence-electron chi connectivity index (χ3n) is 13.2. The molecule has 19 nitrogen and oxygen atoms in total. The van der Waals surface area contributed by atoms with Crippen LogP contribution in [0.3, 0.4) is 0 Å². The summed E-state index contributed by atoms with van der Waals surface area (Å²) in [5.41, 5.74) is -0.0930. The van der Waals surface area contributed by atoms with Gasteiger partial charge < -0.3 is 33.2 Å². The summed E-state index contributed by atoms with van der Waals surface area (Å²) in [6, 6.07) is 31.2. The molecular formula is C64H57N3O16S4. The van der Waals surface area contributed by atoms with Gasteiger partial charge in [-0.05, 0) is 61.6 Å². The van der Waals surface area contributed by atoms with E-state index < -0.39 is 59.2 Å². The van der Waals surface area contributed by atoms with Gasteiger partial charge >= 0.3 is 41.8 Å². The third kappa shape index (κ3) is 15.4. The van der Waals surface area contributed by atoms with E-state index in [2.05, 4.69) is 13.2 Å². The topological polar surface area (TPSA) is 249 Å². The smallest absolute Gasteiger partial charge is 0.350 e. The Labute approximate surface area is 518 Å². The minimum atomic E-state index is -1.12. The highest BCUT2D eigenvalue weighted by Crippen LogP contribution is 2.69. The second-order valence-electron chi connectivity index (χ2n) is 19.5. The highest BCUT2D eigenvalue weighted by Gasteiger charge is 2.47. The zero-order chi connectivity index (χ0) is 62.3. The second-order valence-corrected chi connectivity index (χ2v) is 24.1. The molecule has 0 spiro atoms. The van der Waals surface area contributed by atoms with Crippen LogP contribution in [0.4, 0.5) is 0 Å². The normalized spacial score (nSPS) is 13.4. The van der Waals surface area contributed by atoms with Crippen LogP contribution < -0.4 is 9.47 Å². The van der Waals surface area contributed by atoms with E-state index in [1.54, 1.807) is 24.3 Å². The largest absolute Gasteiger partial charge is 0.461 e. The predicted molar refractivity (Wildman–Crippen MR) is 323 cm³/mol. The summed E-state index contributed by atoms with van der Waals surface area (Å²) in [6.45, 7) is 12.6. The number of hydrogen-bond acceptors (Lipinski definition) is 21. The molecule has 1 unspecified atom stereocenters. The van der Waals surface area contributed by atoms with Crippen LogP contribution in [0.1, 0.15) is 106 Å². The Morgan fingerprint density at radius 2 is 0.920 bits per heavy atom. The Morgan fingerprint density at radius 1 is 0.529 bits per heavy atom. The van der Waals surface area contributed by atoms with E-state index in [0.717, 1.165) is 66.3 Å². The number of fused-ring (bicyclic) bond motifs is 2. The van der Waals surface area contributed by atoms with Gasteiger partial charge in [-0.1, -0.05) is 178 Å². The van der Waals surface area contributed by atoms with E-state index in [0.29, 0.717) is 17.5 Å². The van der Waals surface area contributed by atoms with Crippen LogP contribution in [0.25, 0.3) is 0 Å². The second kappa shape index (κ2) is 30.0. The number of rotatable bonds is 25. The van der Waals surface area contributed by atoms with Gasteiger partial charge in [-0.25, -0.2) is 43.6 Å². The van der Waals surface area contributed by atoms with Crippen molar-refractivity contribution in [3.05, 3.63) is 186 Å². The maximum Gasteiger partial charge on any atom is 0.350 e. The third-order valence-corrected chi connectivity index (χ3v) is 18.4. The quantitative estimate of drug-likeness (QED) is 0.0100. The molecule has 0 saturated carbocycles. The molecule has 2 amide bonds. The summed E-state index contributed by atoms with van der Waals surface area (Å²) in [6.07, 6.45) is 3.29. The van der Waals surface area contributed by atoms with Crippen molar-refractivity contribution < 1.29 is 76.3 Å². The lowest BCUT2D eigenvalue weighted by Gasteiger charge is -2.27. The van der Waals surface area contributed by atoms with Crippen molar-refractivity contribution in [2.75, 3.05) is 33.0 Å². The van der Waals surface area contributed by atoms with Gasteiger partial charge in [0.2, 0.25) is 0 Å². The van der Waals surface area contributed by atoms with Gasteiger partial charge in [0.25, 0.3) is 11.8 Å². The van der Waals surface area contributed by atoms with Crippen LogP contribution in [-0.2, 0) is 60.7 Å². The summed E-state index contributed by atoms with van der Waals surface area (Å²) in [5.74, 6) is -8.39. The molecule has 5 aromatic carbocycles. The number of ether oxygens (including phenoxy) is 7. The van der Waals surface area contributed by atoms with Crippen LogP contribution in [-0.4, -0.2) is 96.7 Å². The van der Waals surface area contributed by atoms with Crippen molar-refractivity contribution in [3.8, 4) is 17.6 Å². The molecule has 87 heavy (non-hydrogen) atoms. The minimum absolute atomic E-state index is 0.00482. The number of hydrazine groups is 1. The van der Waals surface area contributed by atoms with Crippen LogP contribution in [0.5, 0.6) is 11.5 Å². The molecule has 0 bridgehead atoms. The SMILES string of the molecule is C=C(C)C(=O)OCCOC(=O)c1ccccc1C(=O)Oc1c2c(c(OC(=O)c3ccccc3C(=O)OCCOC(=O)C(=C)C)c3c1SC(=C1C(=O)N(Cc4ccccc4)N(Cc4ccccc4)C1=O)S3)SC(=C(C#N)C(=O)OCC(CC)CCCC)S2. The molecule has 0 radical (unpaired) electrons. The van der Waals surface area contributed by atoms with Gasteiger partial charge in [0.15, 0.2) is 17.1 Å². The van der Waals surface area contributed by atoms with Crippen LogP contribution in [0, 0.1) is 17.2 Å². The fourth-order valence-electron chi connectivity index (χ4n) is 8.61. The number of esters is 7. The molecule has 23 heteroatoms. The highest BCUT2D eigenvalue weighted by molar-refractivity contribution is 8.26. The monoisotopic (exact) mass is 1250 g/mol. The van der Waals surface area contributed by atoms with Crippen molar-refractivity contribution in [1.82, 2.24) is 10.0 Å². The van der Waals surface area contributed by atoms with E-state index in [9.17, 15) is 38.8 Å². The summed E-state index contributed by atoms with van der Waals surface area (Å²) >= 11 is 3.32. The zero-order valence-corrected chi connectivity index (χ0v) is 50.9. The molecule has 8 rings (SSSR count). The Hall–Kier alpha value is -8.82. The van der Waals surface area contributed by atoms with E-state index >= 15 is 9.59 Å². The first-order valence-electron chi connectivity index (χ1n) is 27.3. The lowest BCUT2D eigenvalue weighted by atomic mass is 10.0. The van der Waals surface area contributed by atoms with Gasteiger partial charge in [0.05, 0.1) is 70.0 Å². The van der Waals surface area contributed by atoms with Crippen molar-refractivity contribution in [2.24, 2.45) is 5.92 Å². The number of unbranched alkanes of at least 4 members (excludes halogenated alkanes) is 1. The molecule has 3 aliphatic heterocycles. The molecule has 1 atom stereocenters. The number of benzene rings is 5. The maximum atomic E-state index is 15.0. The van der Waals surface area contributed by atoms with Gasteiger partial charge in [-0.3, -0.25) is 9.59 Å². The average Bonchev–Trinajstić information content (AvgIpc) is 1.73. The molecule has 1 fully saturated rings. The van der Waals surface area contributed by atoms with Crippen molar-refractivity contribution in [1.29, 1.82) is 5.26 Å². The van der Waals surface area contributed by atoms with E-state index in [1.165, 1.54) is 72.4 Å². The first-order chi connectivity index (χ1) is 41.9. The zero-order valence-electron chi connectivity index (χ0n) is 47.7. The first-order valence-corrected chi connectivity index (χ1v) is 30.5. The Balaban J connectivity index is 1.27. The lowest BCUT2D eigenvalue weighted by Crippen LogP contribution is -2.39. The highest BCUT2D eigenvalue weighted by atomic mass is 32.2. The molecule has 3 aliphatic rings. The molecular weight excluding hydrogens is 1190 g/mol. The Kier molecular flexibility index (Phi) is 22.1. The van der Waals surface area contributed by atoms with E-state index in [-0.39, 0.29) is 131 Å². The summed E-state index contributed by atoms with van der Waals surface area (Å²) < 4.78 is 39.6. The Bertz CT molecular complexity index is 3500. The van der Waals surface area contributed by atoms with E-state index in [1.807, 2.05) is 56.3 Å². The number of nitriles is 1. The van der Waals surface area contributed by atoms with Gasteiger partial charge in [-0.2, -0.15) is 5.26 Å². The number of nitrogens with zero attached hydrogens (tertiary/aromatic N) is 3. The number of carbonyl (C=O) groups excluding carboxylic acids is 9. The molecule has 0 aliphatic carbocycles. The lowest BCUT2D eigenvalue weighted by molar-refractivity contribution is -0.149. The summed E-state index contributed by atoms with van der Waals surface area (Å²) in [7, 11) is 0. The molecule has 3 heterocycles. The standard InChI is InChI=1S/C64H57N3O16S4/c1-7-9-20-39(8-2)36-81-60(74)46(33-65)63-84-50-48(82-61(75)44-27-18-16-25-42(44)58(72)79-31-29-77-56(70)37(3)4)52-53(49(51(50)85-63)83-62(76)45-28-19-17-26-43(45)59(73)80-32-30-78-57(71)38(5)6)87-64(86-52)47-54(68)66(34-40-21-12-10-13-22-40)67(55(47)69)35-41-23-14-11-15-24-41/h10-19,21-28,39H,3,5,7-9,20,29-32,34-36H2,1-2,4,6H3. The van der Waals surface area contributed by atoms with Gasteiger partial charge in [0, 0.05) is 11.1 Å². The van der Waals surface area contributed by atoms with Crippen molar-refractivity contribution in [3.63, 3.8) is 0 Å². The number of amides is 2. The molecule has 0 N–H and O–H groups in total. The van der Waals surface area contributed by atoms with Crippen LogP contribution in [0.15, 0.2) is 173 Å². The molecule has 5 aromatic rings. The minimum Gasteiger partial charge on any atom is -0.461 e. The summed E-state index contributed by atoms with van der Waals surface area (Å²) in [5, 5.41) is 13.4. The molecule has 448 valence electrons. The van der Waals surface area contributed by atoms with Crippen LogP contribution in [0.2, 0.25) is 0 Å². The maximum absolute atomic E-state index is 15.0. The first kappa shape index (κ1) is 64.2. The van der Waals surface area contributed by atoms with Crippen LogP contribution >= 0.6 is 47.0 Å². The summed E-state index contributed by atoms with van der Waals surface area (Å²) in [4.78, 5) is 125. The van der Waals surface area contributed by atoms with E-state index in [4.69, 9.17) is 33.2 Å². The van der Waals surface area contributed by atoms with Gasteiger partial charge in [-0.15, -0.1) is 0 Å². The number of thioether (sulfide) groups is 4. The fourth-order valence-corrected chi connectivity index (χ4v) is 14.0. The van der Waals surface area contributed by atoms with Crippen molar-refractivity contribution >= 4 is 101 Å². The predicted octanol–water partition coefficient (Wildman–Crippen LogP) is 11.8. The van der Waals surface area contributed by atoms with Crippen molar-refractivity contribution in [2.45, 2.75) is 86.0 Å². The molecule has 0 aromatic heterocycles. The fraction of sp³-hybridized carbons (Fsp3) is 0.250. The Morgan fingerprint density at radius 3 is 1.31 bits per heavy atom. The number of hydrogen-bond donors (Lipinski definition) is 0. The number of carbonyl (C=O) groups is 9.